The van der Waals surface area contributed by atoms with E-state index in [1.807, 2.05) is 56.3 Å². The van der Waals surface area contributed by atoms with Crippen LogP contribution in [-0.2, 0) is 0 Å². The minimum absolute atomic E-state index is 0.209. The molecule has 122 valence electrons. The number of para-hydroxylation sites is 1. The van der Waals surface area contributed by atoms with Gasteiger partial charge in [0.15, 0.2) is 0 Å². The van der Waals surface area contributed by atoms with Crippen molar-refractivity contribution in [2.24, 2.45) is 0 Å². The van der Waals surface area contributed by atoms with Gasteiger partial charge in [0.1, 0.15) is 11.4 Å². The van der Waals surface area contributed by atoms with Crippen LogP contribution in [0.4, 0.5) is 5.69 Å². The number of amides is 1. The van der Waals surface area contributed by atoms with Crippen LogP contribution >= 0.6 is 0 Å². The van der Waals surface area contributed by atoms with E-state index in [1.54, 1.807) is 13.2 Å². The fourth-order valence-electron chi connectivity index (χ4n) is 2.54. The number of ether oxygens (including phenoxy) is 1. The summed E-state index contributed by atoms with van der Waals surface area (Å²) in [5.41, 5.74) is 4.94. The number of carbonyl (C=O) groups is 1. The van der Waals surface area contributed by atoms with Crippen molar-refractivity contribution in [3.63, 3.8) is 0 Å². The number of nitrogens with zero attached hydrogens (tertiary/aromatic N) is 1. The summed E-state index contributed by atoms with van der Waals surface area (Å²) in [4.78, 5) is 12.5. The van der Waals surface area contributed by atoms with Crippen LogP contribution in [0.15, 0.2) is 48.5 Å². The molecular weight excluding hydrogens is 302 g/mol. The maximum atomic E-state index is 12.5. The number of carbonyl (C=O) groups excluding carboxylic acids is 1. The molecule has 2 aromatic carbocycles. The van der Waals surface area contributed by atoms with Gasteiger partial charge in [-0.2, -0.15) is 5.10 Å². The Hall–Kier alpha value is -3.08. The molecule has 0 aliphatic rings. The van der Waals surface area contributed by atoms with E-state index in [9.17, 15) is 4.79 Å². The molecule has 0 radical (unpaired) electrons. The number of aromatic amines is 1. The van der Waals surface area contributed by atoms with E-state index in [-0.39, 0.29) is 5.91 Å². The number of hydrogen-bond acceptors (Lipinski definition) is 3. The van der Waals surface area contributed by atoms with Crippen molar-refractivity contribution in [3.05, 3.63) is 65.4 Å². The Bertz CT molecular complexity index is 846. The zero-order valence-corrected chi connectivity index (χ0v) is 13.9. The first kappa shape index (κ1) is 15.8. The number of aromatic nitrogens is 2. The Morgan fingerprint density at radius 2 is 1.75 bits per heavy atom. The number of benzene rings is 2. The Labute approximate surface area is 140 Å². The highest BCUT2D eigenvalue weighted by molar-refractivity contribution is 6.04. The average Bonchev–Trinajstić information content (AvgIpc) is 3.08. The Balaban J connectivity index is 1.80. The van der Waals surface area contributed by atoms with Crippen molar-refractivity contribution in [1.82, 2.24) is 10.2 Å². The van der Waals surface area contributed by atoms with Gasteiger partial charge in [0, 0.05) is 11.3 Å². The van der Waals surface area contributed by atoms with E-state index in [0.29, 0.717) is 11.4 Å². The lowest BCUT2D eigenvalue weighted by molar-refractivity contribution is 0.102. The van der Waals surface area contributed by atoms with Crippen molar-refractivity contribution in [3.8, 4) is 17.0 Å². The van der Waals surface area contributed by atoms with Gasteiger partial charge in [-0.05, 0) is 55.3 Å². The van der Waals surface area contributed by atoms with E-state index < -0.39 is 0 Å². The van der Waals surface area contributed by atoms with Gasteiger partial charge >= 0.3 is 0 Å². The molecule has 0 saturated carbocycles. The molecule has 24 heavy (non-hydrogen) atoms. The molecule has 0 bridgehead atoms. The third kappa shape index (κ3) is 3.15. The molecule has 0 aliphatic carbocycles. The molecule has 0 saturated heterocycles. The van der Waals surface area contributed by atoms with E-state index >= 15 is 0 Å². The molecule has 5 nitrogen and oxygen atoms in total. The van der Waals surface area contributed by atoms with E-state index in [4.69, 9.17) is 4.74 Å². The first-order valence-corrected chi connectivity index (χ1v) is 7.66. The molecule has 0 spiro atoms. The number of hydrogen-bond donors (Lipinski definition) is 2. The van der Waals surface area contributed by atoms with Gasteiger partial charge in [-0.1, -0.05) is 18.2 Å². The zero-order chi connectivity index (χ0) is 17.1. The summed E-state index contributed by atoms with van der Waals surface area (Å²) >= 11 is 0. The standard InChI is InChI=1S/C19H19N3O2/c1-12-5-4-6-13(2)18(12)20-19(23)17-11-16(21-22-17)14-7-9-15(24-3)10-8-14/h4-11H,1-3H3,(H,20,23)(H,21,22). The number of nitrogens with one attached hydrogen (secondary N) is 2. The summed E-state index contributed by atoms with van der Waals surface area (Å²) < 4.78 is 5.14. The van der Waals surface area contributed by atoms with Crippen LogP contribution in [0.5, 0.6) is 5.75 Å². The van der Waals surface area contributed by atoms with Crippen LogP contribution in [0.3, 0.4) is 0 Å². The van der Waals surface area contributed by atoms with Crippen LogP contribution in [0, 0.1) is 13.8 Å². The lowest BCUT2D eigenvalue weighted by Crippen LogP contribution is -2.14. The summed E-state index contributed by atoms with van der Waals surface area (Å²) in [6, 6.07) is 15.2. The van der Waals surface area contributed by atoms with Crippen LogP contribution in [0.1, 0.15) is 21.6 Å². The molecule has 1 heterocycles. The maximum absolute atomic E-state index is 12.5. The smallest absolute Gasteiger partial charge is 0.273 e. The summed E-state index contributed by atoms with van der Waals surface area (Å²) in [6.45, 7) is 3.94. The first-order valence-electron chi connectivity index (χ1n) is 7.66. The van der Waals surface area contributed by atoms with Gasteiger partial charge < -0.3 is 10.1 Å². The second-order valence-electron chi connectivity index (χ2n) is 5.62. The van der Waals surface area contributed by atoms with E-state index in [2.05, 4.69) is 15.5 Å². The van der Waals surface area contributed by atoms with Crippen molar-refractivity contribution in [2.45, 2.75) is 13.8 Å². The fourth-order valence-corrected chi connectivity index (χ4v) is 2.54. The van der Waals surface area contributed by atoms with Crippen LogP contribution < -0.4 is 10.1 Å². The van der Waals surface area contributed by atoms with Crippen molar-refractivity contribution >= 4 is 11.6 Å². The highest BCUT2D eigenvalue weighted by Crippen LogP contribution is 2.23. The second-order valence-corrected chi connectivity index (χ2v) is 5.62. The van der Waals surface area contributed by atoms with Crippen molar-refractivity contribution in [1.29, 1.82) is 0 Å². The van der Waals surface area contributed by atoms with Gasteiger partial charge in [0.05, 0.1) is 12.8 Å². The molecule has 1 aromatic heterocycles. The molecule has 5 heteroatoms. The SMILES string of the molecule is COc1ccc(-c2cc(C(=O)Nc3c(C)cccc3C)[nH]n2)cc1. The maximum Gasteiger partial charge on any atom is 0.273 e. The molecule has 1 amide bonds. The molecule has 0 aliphatic heterocycles. The third-order valence-corrected chi connectivity index (χ3v) is 3.93. The number of methoxy groups -OCH3 is 1. The summed E-state index contributed by atoms with van der Waals surface area (Å²) in [6.07, 6.45) is 0. The Kier molecular flexibility index (Phi) is 4.33. The third-order valence-electron chi connectivity index (χ3n) is 3.93. The lowest BCUT2D eigenvalue weighted by atomic mass is 10.1. The minimum atomic E-state index is -0.209. The molecule has 0 fully saturated rings. The lowest BCUT2D eigenvalue weighted by Gasteiger charge is -2.10. The molecular formula is C19H19N3O2. The van der Waals surface area contributed by atoms with Crippen LogP contribution in [0.25, 0.3) is 11.3 Å². The molecule has 0 atom stereocenters. The van der Waals surface area contributed by atoms with Gasteiger partial charge in [-0.25, -0.2) is 0 Å². The highest BCUT2D eigenvalue weighted by atomic mass is 16.5. The molecule has 3 aromatic rings. The summed E-state index contributed by atoms with van der Waals surface area (Å²) in [7, 11) is 1.62. The minimum Gasteiger partial charge on any atom is -0.497 e. The van der Waals surface area contributed by atoms with Crippen molar-refractivity contribution in [2.75, 3.05) is 12.4 Å². The van der Waals surface area contributed by atoms with E-state index in [1.165, 1.54) is 0 Å². The zero-order valence-electron chi connectivity index (χ0n) is 13.9. The van der Waals surface area contributed by atoms with Crippen LogP contribution in [-0.4, -0.2) is 23.2 Å². The number of anilines is 1. The first-order chi connectivity index (χ1) is 11.6. The monoisotopic (exact) mass is 321 g/mol. The van der Waals surface area contributed by atoms with Gasteiger partial charge in [-0.15, -0.1) is 0 Å². The largest absolute Gasteiger partial charge is 0.497 e. The van der Waals surface area contributed by atoms with E-state index in [0.717, 1.165) is 28.1 Å². The number of H-pyrrole nitrogens is 1. The van der Waals surface area contributed by atoms with Crippen molar-refractivity contribution < 1.29 is 9.53 Å². The second kappa shape index (κ2) is 6.58. The highest BCUT2D eigenvalue weighted by Gasteiger charge is 2.13. The predicted octanol–water partition coefficient (Wildman–Crippen LogP) is 3.95. The fraction of sp³-hybridized carbons (Fsp3) is 0.158. The molecule has 2 N–H and O–H groups in total. The summed E-state index contributed by atoms with van der Waals surface area (Å²) in [5, 5.41) is 9.97. The summed E-state index contributed by atoms with van der Waals surface area (Å²) in [5.74, 6) is 0.571. The van der Waals surface area contributed by atoms with Gasteiger partial charge in [0.2, 0.25) is 0 Å². The predicted molar refractivity (Wildman–Crippen MR) is 94.4 cm³/mol. The number of rotatable bonds is 4. The molecule has 0 unspecified atom stereocenters. The topological polar surface area (TPSA) is 67.0 Å². The quantitative estimate of drug-likeness (QED) is 0.764. The Morgan fingerprint density at radius 1 is 1.08 bits per heavy atom. The van der Waals surface area contributed by atoms with Gasteiger partial charge in [0.25, 0.3) is 5.91 Å². The average molecular weight is 321 g/mol. The number of aryl methyl sites for hydroxylation is 2. The normalized spacial score (nSPS) is 10.5. The molecule has 3 rings (SSSR count). The Morgan fingerprint density at radius 3 is 2.38 bits per heavy atom. The van der Waals surface area contributed by atoms with Crippen LogP contribution in [0.2, 0.25) is 0 Å². The van der Waals surface area contributed by atoms with Gasteiger partial charge in [-0.3, -0.25) is 9.89 Å².